The largest absolute Gasteiger partial charge is 0.490 e. The van der Waals surface area contributed by atoms with Crippen LogP contribution in [0.15, 0.2) is 65.1 Å². The summed E-state index contributed by atoms with van der Waals surface area (Å²) in [6, 6.07) is 22.3. The van der Waals surface area contributed by atoms with Crippen LogP contribution in [0.3, 0.4) is 0 Å². The lowest BCUT2D eigenvalue weighted by Crippen LogP contribution is -2.05. The summed E-state index contributed by atoms with van der Waals surface area (Å²) in [5, 5.41) is 11.9. The van der Waals surface area contributed by atoms with E-state index in [1.54, 1.807) is 0 Å². The molecule has 0 unspecified atom stereocenters. The van der Waals surface area contributed by atoms with Crippen LogP contribution in [0.2, 0.25) is 0 Å². The first-order chi connectivity index (χ1) is 12.1. The van der Waals surface area contributed by atoms with Gasteiger partial charge in [-0.3, -0.25) is 0 Å². The minimum absolute atomic E-state index is 0.114. The highest BCUT2D eigenvalue weighted by Gasteiger charge is 2.08. The number of nitrogens with zero attached hydrogens (tertiary/aromatic N) is 1. The minimum Gasteiger partial charge on any atom is -0.490 e. The highest BCUT2D eigenvalue weighted by Crippen LogP contribution is 2.30. The molecule has 0 aromatic heterocycles. The van der Waals surface area contributed by atoms with Crippen molar-refractivity contribution in [3.8, 4) is 11.8 Å². The van der Waals surface area contributed by atoms with Gasteiger partial charge in [-0.15, -0.1) is 0 Å². The number of halogens is 1. The molecule has 3 rings (SSSR count). The predicted octanol–water partition coefficient (Wildman–Crippen LogP) is 6.45. The fraction of sp³-hybridized carbons (Fsp3) is 0.136. The van der Waals surface area contributed by atoms with E-state index in [1.165, 1.54) is 0 Å². The number of benzene rings is 3. The van der Waals surface area contributed by atoms with E-state index < -0.39 is 0 Å². The first-order valence-electron chi connectivity index (χ1n) is 8.14. The molecule has 0 heterocycles. The maximum absolute atomic E-state index is 9.69. The summed E-state index contributed by atoms with van der Waals surface area (Å²) < 4.78 is 6.62. The summed E-state index contributed by atoms with van der Waals surface area (Å²) in [6.45, 7) is 3.99. The first kappa shape index (κ1) is 17.3. The molecular weight excluding hydrogens is 374 g/mol. The Balaban J connectivity index is 2.04. The number of fused-ring (bicyclic) bond motifs is 1. The summed E-state index contributed by atoms with van der Waals surface area (Å²) in [6.07, 6.45) is 2.02. The Hall–Kier alpha value is -2.57. The fourth-order valence-corrected chi connectivity index (χ4v) is 3.24. The molecule has 0 saturated carbocycles. The average molecular weight is 392 g/mol. The maximum atomic E-state index is 9.69. The van der Waals surface area contributed by atoms with Gasteiger partial charge in [0.1, 0.15) is 5.75 Å². The van der Waals surface area contributed by atoms with Crippen molar-refractivity contribution in [2.24, 2.45) is 0 Å². The molecule has 3 aromatic carbocycles. The zero-order chi connectivity index (χ0) is 17.8. The molecule has 0 aliphatic carbocycles. The van der Waals surface area contributed by atoms with E-state index in [-0.39, 0.29) is 6.10 Å². The molecule has 0 N–H and O–H groups in total. The summed E-state index contributed by atoms with van der Waals surface area (Å²) in [5.41, 5.74) is 2.54. The van der Waals surface area contributed by atoms with Crippen LogP contribution in [-0.2, 0) is 0 Å². The van der Waals surface area contributed by atoms with Crippen LogP contribution in [0.5, 0.6) is 5.75 Å². The van der Waals surface area contributed by atoms with Crippen LogP contribution in [0.25, 0.3) is 22.4 Å². The highest BCUT2D eigenvalue weighted by molar-refractivity contribution is 9.10. The zero-order valence-corrected chi connectivity index (χ0v) is 15.7. The quantitative estimate of drug-likeness (QED) is 0.377. The van der Waals surface area contributed by atoms with Gasteiger partial charge in [-0.1, -0.05) is 48.5 Å². The van der Waals surface area contributed by atoms with Crippen molar-refractivity contribution in [3.63, 3.8) is 0 Å². The molecule has 0 bridgehead atoms. The normalized spacial score (nSPS) is 11.6. The van der Waals surface area contributed by atoms with E-state index >= 15 is 0 Å². The van der Waals surface area contributed by atoms with Crippen LogP contribution in [0.4, 0.5) is 0 Å². The lowest BCUT2D eigenvalue weighted by molar-refractivity contribution is 0.241. The van der Waals surface area contributed by atoms with Crippen LogP contribution >= 0.6 is 15.9 Å². The summed E-state index contributed by atoms with van der Waals surface area (Å²) in [5.74, 6) is 0.802. The Morgan fingerprint density at radius 2 is 1.84 bits per heavy atom. The van der Waals surface area contributed by atoms with Crippen LogP contribution in [0, 0.1) is 11.3 Å². The Labute approximate surface area is 156 Å². The van der Waals surface area contributed by atoms with Gasteiger partial charge in [0.2, 0.25) is 0 Å². The third-order valence-electron chi connectivity index (χ3n) is 3.83. The summed E-state index contributed by atoms with van der Waals surface area (Å²) in [4.78, 5) is 0. The number of hydrogen-bond acceptors (Lipinski definition) is 2. The van der Waals surface area contributed by atoms with E-state index in [0.29, 0.717) is 5.57 Å². The Morgan fingerprint density at radius 3 is 2.56 bits per heavy atom. The third-order valence-corrected chi connectivity index (χ3v) is 4.45. The van der Waals surface area contributed by atoms with Gasteiger partial charge in [0, 0.05) is 5.56 Å². The standard InChI is InChI=1S/C22H18BrNO/c1-15(2)25-22-11-10-16(13-21(22)23)12-18(14-24)20-9-5-7-17-6-3-4-8-19(17)20/h3-13,15H,1-2H3/b18-12+. The Morgan fingerprint density at radius 1 is 1.08 bits per heavy atom. The summed E-state index contributed by atoms with van der Waals surface area (Å²) in [7, 11) is 0. The van der Waals surface area contributed by atoms with Gasteiger partial charge in [0.15, 0.2) is 0 Å². The van der Waals surface area contributed by atoms with Gasteiger partial charge in [-0.2, -0.15) is 5.26 Å². The Bertz CT molecular complexity index is 977. The van der Waals surface area contributed by atoms with E-state index in [1.807, 2.05) is 68.5 Å². The van der Waals surface area contributed by atoms with Crippen molar-refractivity contribution in [3.05, 3.63) is 76.3 Å². The van der Waals surface area contributed by atoms with Gasteiger partial charge in [0.05, 0.1) is 22.2 Å². The summed E-state index contributed by atoms with van der Waals surface area (Å²) >= 11 is 3.55. The van der Waals surface area contributed by atoms with Gasteiger partial charge in [0.25, 0.3) is 0 Å². The van der Waals surface area contributed by atoms with E-state index in [9.17, 15) is 5.26 Å². The molecule has 3 heteroatoms. The number of nitriles is 1. The first-order valence-corrected chi connectivity index (χ1v) is 8.94. The molecule has 0 radical (unpaired) electrons. The number of ether oxygens (including phenoxy) is 1. The van der Waals surface area contributed by atoms with E-state index in [4.69, 9.17) is 4.74 Å². The van der Waals surface area contributed by atoms with Crippen molar-refractivity contribution in [2.45, 2.75) is 20.0 Å². The fourth-order valence-electron chi connectivity index (χ4n) is 2.75. The second-order valence-electron chi connectivity index (χ2n) is 6.05. The molecule has 0 fully saturated rings. The molecule has 25 heavy (non-hydrogen) atoms. The van der Waals surface area contributed by atoms with Gasteiger partial charge < -0.3 is 4.74 Å². The molecule has 2 nitrogen and oxygen atoms in total. The zero-order valence-electron chi connectivity index (χ0n) is 14.2. The monoisotopic (exact) mass is 391 g/mol. The molecule has 0 saturated heterocycles. The number of rotatable bonds is 4. The van der Waals surface area contributed by atoms with Crippen molar-refractivity contribution < 1.29 is 4.74 Å². The SMILES string of the molecule is CC(C)Oc1ccc(/C=C(\C#N)c2cccc3ccccc23)cc1Br. The third kappa shape index (κ3) is 3.92. The van der Waals surface area contributed by atoms with Crippen LogP contribution < -0.4 is 4.74 Å². The van der Waals surface area contributed by atoms with Gasteiger partial charge in [-0.25, -0.2) is 0 Å². The Kier molecular flexibility index (Phi) is 5.21. The molecule has 0 spiro atoms. The average Bonchev–Trinajstić information content (AvgIpc) is 2.61. The molecule has 124 valence electrons. The van der Waals surface area contributed by atoms with Crippen molar-refractivity contribution in [1.29, 1.82) is 5.26 Å². The van der Waals surface area contributed by atoms with Crippen molar-refractivity contribution in [2.75, 3.05) is 0 Å². The molecule has 0 amide bonds. The molecule has 3 aromatic rings. The highest BCUT2D eigenvalue weighted by atomic mass is 79.9. The molecular formula is C22H18BrNO. The van der Waals surface area contributed by atoms with E-state index in [2.05, 4.69) is 34.1 Å². The van der Waals surface area contributed by atoms with Crippen molar-refractivity contribution in [1.82, 2.24) is 0 Å². The molecule has 0 aliphatic rings. The lowest BCUT2D eigenvalue weighted by Gasteiger charge is -2.12. The maximum Gasteiger partial charge on any atom is 0.133 e. The van der Waals surface area contributed by atoms with Crippen molar-refractivity contribution >= 4 is 38.4 Å². The molecule has 0 aliphatic heterocycles. The molecule has 0 atom stereocenters. The van der Waals surface area contributed by atoms with Gasteiger partial charge >= 0.3 is 0 Å². The second-order valence-corrected chi connectivity index (χ2v) is 6.91. The number of hydrogen-bond donors (Lipinski definition) is 0. The smallest absolute Gasteiger partial charge is 0.133 e. The second kappa shape index (κ2) is 7.55. The van der Waals surface area contributed by atoms with Crippen LogP contribution in [0.1, 0.15) is 25.0 Å². The topological polar surface area (TPSA) is 33.0 Å². The minimum atomic E-state index is 0.114. The predicted molar refractivity (Wildman–Crippen MR) is 107 cm³/mol. The lowest BCUT2D eigenvalue weighted by atomic mass is 9.97. The van der Waals surface area contributed by atoms with Gasteiger partial charge in [-0.05, 0) is 64.3 Å². The van der Waals surface area contributed by atoms with E-state index in [0.717, 1.165) is 32.1 Å². The van der Waals surface area contributed by atoms with Crippen LogP contribution in [-0.4, -0.2) is 6.10 Å². The number of allylic oxidation sites excluding steroid dienone is 1.